The number of azo groups is 1. The van der Waals surface area contributed by atoms with Gasteiger partial charge in [0.15, 0.2) is 0 Å². The first kappa shape index (κ1) is 19.6. The topological polar surface area (TPSA) is 99.2 Å². The van der Waals surface area contributed by atoms with Crippen LogP contribution in [0.4, 0.5) is 0 Å². The second-order valence-corrected chi connectivity index (χ2v) is 6.14. The highest BCUT2D eigenvalue weighted by molar-refractivity contribution is 7.80. The number of aromatic nitrogens is 1. The zero-order valence-electron chi connectivity index (χ0n) is 14.6. The van der Waals surface area contributed by atoms with Gasteiger partial charge in [0, 0.05) is 29.4 Å². The Hall–Kier alpha value is -2.74. The fourth-order valence-electron chi connectivity index (χ4n) is 2.50. The van der Waals surface area contributed by atoms with Crippen LogP contribution >= 0.6 is 12.2 Å². The molecule has 138 valence electrons. The molecule has 8 heteroatoms. The average molecular weight is 374 g/mol. The number of aromatic hydroxyl groups is 2. The SMILES string of the molecule is C=CCn1c(O)c2ccc(C(=O)N=NC(=S)NCCCCC)cc2c1O. The first-order valence-corrected chi connectivity index (χ1v) is 8.79. The summed E-state index contributed by atoms with van der Waals surface area (Å²) in [6.45, 7) is 6.63. The molecule has 0 spiro atoms. The van der Waals surface area contributed by atoms with Crippen molar-refractivity contribution in [3.8, 4) is 11.8 Å². The molecule has 0 aliphatic heterocycles. The van der Waals surface area contributed by atoms with Crippen LogP contribution in [0.15, 0.2) is 41.1 Å². The zero-order chi connectivity index (χ0) is 19.1. The van der Waals surface area contributed by atoms with Gasteiger partial charge in [-0.25, -0.2) is 0 Å². The number of hydrogen-bond donors (Lipinski definition) is 3. The molecule has 1 heterocycles. The van der Waals surface area contributed by atoms with Gasteiger partial charge in [-0.1, -0.05) is 25.8 Å². The number of allylic oxidation sites excluding steroid dienone is 1. The quantitative estimate of drug-likeness (QED) is 0.295. The number of hydrogen-bond acceptors (Lipinski definition) is 4. The van der Waals surface area contributed by atoms with Gasteiger partial charge in [0.25, 0.3) is 5.91 Å². The van der Waals surface area contributed by atoms with E-state index in [9.17, 15) is 15.0 Å². The van der Waals surface area contributed by atoms with Gasteiger partial charge >= 0.3 is 0 Å². The number of carbonyl (C=O) groups excluding carboxylic acids is 1. The highest BCUT2D eigenvalue weighted by atomic mass is 32.1. The van der Waals surface area contributed by atoms with Crippen LogP contribution in [-0.2, 0) is 6.54 Å². The van der Waals surface area contributed by atoms with E-state index in [4.69, 9.17) is 12.2 Å². The summed E-state index contributed by atoms with van der Waals surface area (Å²) < 4.78 is 1.29. The zero-order valence-corrected chi connectivity index (χ0v) is 15.4. The maximum atomic E-state index is 12.2. The molecule has 1 aromatic heterocycles. The predicted octanol–water partition coefficient (Wildman–Crippen LogP) is 3.90. The number of nitrogens with one attached hydrogen (secondary N) is 1. The third kappa shape index (κ3) is 4.45. The Morgan fingerprint density at radius 2 is 2.00 bits per heavy atom. The molecule has 0 fully saturated rings. The number of fused-ring (bicyclic) bond motifs is 1. The smallest absolute Gasteiger partial charge is 0.295 e. The highest BCUT2D eigenvalue weighted by Crippen LogP contribution is 2.36. The minimum Gasteiger partial charge on any atom is -0.494 e. The fourth-order valence-corrected chi connectivity index (χ4v) is 2.65. The molecule has 1 aromatic carbocycles. The highest BCUT2D eigenvalue weighted by Gasteiger charge is 2.17. The maximum Gasteiger partial charge on any atom is 0.295 e. The van der Waals surface area contributed by atoms with Crippen molar-refractivity contribution < 1.29 is 15.0 Å². The van der Waals surface area contributed by atoms with Crippen molar-refractivity contribution in [1.29, 1.82) is 0 Å². The van der Waals surface area contributed by atoms with Gasteiger partial charge in [-0.2, -0.15) is 0 Å². The number of amides is 1. The minimum absolute atomic E-state index is 0.0875. The van der Waals surface area contributed by atoms with Gasteiger partial charge in [-0.3, -0.25) is 9.36 Å². The fraction of sp³-hybridized carbons (Fsp3) is 0.333. The lowest BCUT2D eigenvalue weighted by Gasteiger charge is -2.01. The van der Waals surface area contributed by atoms with Crippen LogP contribution in [0.2, 0.25) is 0 Å². The van der Waals surface area contributed by atoms with Crippen LogP contribution in [0.25, 0.3) is 10.8 Å². The lowest BCUT2D eigenvalue weighted by molar-refractivity contribution is 0.0995. The van der Waals surface area contributed by atoms with Crippen molar-refractivity contribution in [2.45, 2.75) is 32.7 Å². The molecule has 7 nitrogen and oxygen atoms in total. The molecule has 0 bridgehead atoms. The van der Waals surface area contributed by atoms with Crippen molar-refractivity contribution in [3.05, 3.63) is 36.4 Å². The summed E-state index contributed by atoms with van der Waals surface area (Å²) in [5.41, 5.74) is 0.237. The van der Waals surface area contributed by atoms with Crippen molar-refractivity contribution in [2.75, 3.05) is 6.54 Å². The van der Waals surface area contributed by atoms with E-state index in [1.807, 2.05) is 0 Å². The summed E-state index contributed by atoms with van der Waals surface area (Å²) in [5.74, 6) is -0.812. The van der Waals surface area contributed by atoms with E-state index in [0.717, 1.165) is 19.3 Å². The summed E-state index contributed by atoms with van der Waals surface area (Å²) in [4.78, 5) is 12.2. The Balaban J connectivity index is 2.13. The maximum absolute atomic E-state index is 12.2. The molecule has 0 radical (unpaired) electrons. The van der Waals surface area contributed by atoms with Gasteiger partial charge in [0.05, 0.1) is 0 Å². The molecule has 0 atom stereocenters. The third-order valence-electron chi connectivity index (χ3n) is 3.86. The number of unbranched alkanes of at least 4 members (excludes halogenated alkanes) is 2. The van der Waals surface area contributed by atoms with Crippen LogP contribution in [-0.4, -0.2) is 32.3 Å². The normalized spacial score (nSPS) is 11.1. The van der Waals surface area contributed by atoms with E-state index >= 15 is 0 Å². The molecule has 0 aliphatic carbocycles. The number of thiocarbonyl (C=S) groups is 1. The summed E-state index contributed by atoms with van der Waals surface area (Å²) in [6.07, 6.45) is 4.72. The molecule has 3 N–H and O–H groups in total. The molecular weight excluding hydrogens is 352 g/mol. The van der Waals surface area contributed by atoms with Crippen LogP contribution in [0.3, 0.4) is 0 Å². The molecule has 0 unspecified atom stereocenters. The van der Waals surface area contributed by atoms with Gasteiger partial charge in [0.2, 0.25) is 16.9 Å². The molecular formula is C18H22N4O3S. The standard InChI is InChI=1S/C18H22N4O3S/c1-3-5-6-9-19-18(26)21-20-15(23)12-7-8-13-14(11-12)17(25)22(10-4-2)16(13)24/h4,7-8,11,24-25H,2-3,5-6,9-10H2,1H3,(H,19,26). The van der Waals surface area contributed by atoms with Gasteiger partial charge in [0.1, 0.15) is 0 Å². The first-order chi connectivity index (χ1) is 12.5. The van der Waals surface area contributed by atoms with Gasteiger partial charge < -0.3 is 15.5 Å². The Morgan fingerprint density at radius 3 is 2.69 bits per heavy atom. The molecule has 2 aromatic rings. The van der Waals surface area contributed by atoms with Crippen LogP contribution in [0, 0.1) is 0 Å². The molecule has 26 heavy (non-hydrogen) atoms. The molecule has 2 rings (SSSR count). The predicted molar refractivity (Wildman–Crippen MR) is 105 cm³/mol. The average Bonchev–Trinajstić information content (AvgIpc) is 2.88. The van der Waals surface area contributed by atoms with E-state index in [0.29, 0.717) is 17.3 Å². The number of nitrogens with zero attached hydrogens (tertiary/aromatic N) is 3. The second kappa shape index (κ2) is 9.10. The molecule has 0 saturated carbocycles. The van der Waals surface area contributed by atoms with E-state index in [-0.39, 0.29) is 29.0 Å². The summed E-state index contributed by atoms with van der Waals surface area (Å²) in [5, 5.41) is 31.6. The van der Waals surface area contributed by atoms with Crippen LogP contribution in [0.1, 0.15) is 36.5 Å². The van der Waals surface area contributed by atoms with Crippen LogP contribution in [0.5, 0.6) is 11.8 Å². The Morgan fingerprint density at radius 1 is 1.27 bits per heavy atom. The first-order valence-electron chi connectivity index (χ1n) is 8.38. The number of benzene rings is 1. The monoisotopic (exact) mass is 374 g/mol. The van der Waals surface area contributed by atoms with Crippen molar-refractivity contribution in [1.82, 2.24) is 9.88 Å². The largest absolute Gasteiger partial charge is 0.494 e. The van der Waals surface area contributed by atoms with Crippen molar-refractivity contribution in [3.63, 3.8) is 0 Å². The summed E-state index contributed by atoms with van der Waals surface area (Å²) in [7, 11) is 0. The van der Waals surface area contributed by atoms with Gasteiger partial charge in [-0.15, -0.1) is 16.8 Å². The number of rotatable bonds is 7. The Kier molecular flexibility index (Phi) is 6.85. The van der Waals surface area contributed by atoms with E-state index in [2.05, 4.69) is 29.0 Å². The Bertz CT molecular complexity index is 858. The van der Waals surface area contributed by atoms with Gasteiger partial charge in [-0.05, 0) is 36.8 Å². The van der Waals surface area contributed by atoms with E-state index < -0.39 is 5.91 Å². The van der Waals surface area contributed by atoms with Crippen LogP contribution < -0.4 is 5.32 Å². The van der Waals surface area contributed by atoms with Crippen molar-refractivity contribution >= 4 is 34.0 Å². The minimum atomic E-state index is -0.583. The second-order valence-electron chi connectivity index (χ2n) is 5.75. The molecule has 1 amide bonds. The lowest BCUT2D eigenvalue weighted by Crippen LogP contribution is -2.20. The summed E-state index contributed by atoms with van der Waals surface area (Å²) >= 11 is 5.01. The molecule has 0 saturated heterocycles. The van der Waals surface area contributed by atoms with E-state index in [1.54, 1.807) is 12.1 Å². The van der Waals surface area contributed by atoms with Crippen molar-refractivity contribution in [2.24, 2.45) is 10.2 Å². The Labute approximate surface area is 157 Å². The third-order valence-corrected chi connectivity index (χ3v) is 4.09. The lowest BCUT2D eigenvalue weighted by atomic mass is 10.1. The van der Waals surface area contributed by atoms with E-state index in [1.165, 1.54) is 16.7 Å². The molecule has 0 aliphatic rings. The number of carbonyl (C=O) groups is 1. The summed E-state index contributed by atoms with van der Waals surface area (Å²) in [6, 6.07) is 4.52.